The van der Waals surface area contributed by atoms with Crippen LogP contribution in [0.1, 0.15) is 162 Å². The summed E-state index contributed by atoms with van der Waals surface area (Å²) in [4.78, 5) is 39.8. The zero-order valence-corrected chi connectivity index (χ0v) is 41.3. The molecule has 4 fully saturated rings. The van der Waals surface area contributed by atoms with Gasteiger partial charge in [-0.2, -0.15) is 29.9 Å². The van der Waals surface area contributed by atoms with Crippen LogP contribution in [-0.2, 0) is 18.9 Å². The van der Waals surface area contributed by atoms with E-state index in [2.05, 4.69) is 141 Å². The lowest BCUT2D eigenvalue weighted by atomic mass is 9.76. The number of nitrogens with zero attached hydrogens (tertiary/aromatic N) is 10. The topological polar surface area (TPSA) is 151 Å². The van der Waals surface area contributed by atoms with E-state index in [1.165, 1.54) is 0 Å². The Morgan fingerprint density at radius 1 is 0.452 bits per heavy atom. The van der Waals surface area contributed by atoms with Crippen molar-refractivity contribution < 1.29 is 18.9 Å². The molecule has 4 aliphatic heterocycles. The van der Waals surface area contributed by atoms with Crippen LogP contribution in [0.4, 0.5) is 35.7 Å². The fourth-order valence-corrected chi connectivity index (χ4v) is 11.6. The molecule has 0 radical (unpaired) electrons. The molecule has 0 saturated carbocycles. The van der Waals surface area contributed by atoms with Crippen LogP contribution in [0.5, 0.6) is 0 Å². The van der Waals surface area contributed by atoms with E-state index >= 15 is 0 Å². The first-order valence-corrected chi connectivity index (χ1v) is 23.6. The van der Waals surface area contributed by atoms with E-state index in [0.717, 1.165) is 64.5 Å². The van der Waals surface area contributed by atoms with Crippen LogP contribution in [0.25, 0.3) is 0 Å². The summed E-state index contributed by atoms with van der Waals surface area (Å²) in [6.45, 7) is 39.5. The van der Waals surface area contributed by atoms with Crippen LogP contribution in [0, 0.1) is 0 Å². The van der Waals surface area contributed by atoms with Crippen molar-refractivity contribution in [3.8, 4) is 0 Å². The molecule has 2 aromatic heterocycles. The maximum atomic E-state index is 6.25. The van der Waals surface area contributed by atoms with Gasteiger partial charge in [0.25, 0.3) is 0 Å². The van der Waals surface area contributed by atoms with Crippen molar-refractivity contribution in [2.45, 2.75) is 220 Å². The van der Waals surface area contributed by atoms with Gasteiger partial charge in [0.05, 0.1) is 26.4 Å². The Labute approximate surface area is 373 Å². The molecular formula is C46H82N12O4. The summed E-state index contributed by atoms with van der Waals surface area (Å²) in [7, 11) is 0. The Morgan fingerprint density at radius 2 is 0.742 bits per heavy atom. The predicted molar refractivity (Wildman–Crippen MR) is 250 cm³/mol. The first-order valence-electron chi connectivity index (χ1n) is 23.6. The second-order valence-corrected chi connectivity index (χ2v) is 21.8. The lowest BCUT2D eigenvalue weighted by molar-refractivity contribution is -0.198. The molecule has 0 aromatic carbocycles. The van der Waals surface area contributed by atoms with E-state index in [4.69, 9.17) is 48.9 Å². The predicted octanol–water partition coefficient (Wildman–Crippen LogP) is 8.19. The molecule has 2 spiro atoms. The number of piperidine rings is 2. The molecule has 2 aromatic rings. The highest BCUT2D eigenvalue weighted by atomic mass is 16.7. The molecular weight excluding hydrogens is 785 g/mol. The molecule has 16 heteroatoms. The number of aromatic nitrogens is 6. The molecule has 4 aliphatic rings. The smallest absolute Gasteiger partial charge is 0.232 e. The van der Waals surface area contributed by atoms with E-state index < -0.39 is 11.6 Å². The van der Waals surface area contributed by atoms with Crippen molar-refractivity contribution >= 4 is 35.7 Å². The molecule has 0 aliphatic carbocycles. The van der Waals surface area contributed by atoms with Crippen molar-refractivity contribution in [2.24, 2.45) is 0 Å². The Kier molecular flexibility index (Phi) is 14.2. The normalized spacial score (nSPS) is 22.1. The van der Waals surface area contributed by atoms with E-state index in [1.807, 2.05) is 0 Å². The lowest BCUT2D eigenvalue weighted by Gasteiger charge is -2.57. The van der Waals surface area contributed by atoms with Gasteiger partial charge in [0.15, 0.2) is 11.6 Å². The monoisotopic (exact) mass is 867 g/mol. The Bertz CT molecular complexity index is 1620. The lowest BCUT2D eigenvalue weighted by Crippen LogP contribution is -2.66. The van der Waals surface area contributed by atoms with E-state index in [1.54, 1.807) is 0 Å². The van der Waals surface area contributed by atoms with Crippen LogP contribution in [0.2, 0.25) is 0 Å². The van der Waals surface area contributed by atoms with Gasteiger partial charge in [0, 0.05) is 85.1 Å². The van der Waals surface area contributed by atoms with E-state index in [9.17, 15) is 0 Å². The van der Waals surface area contributed by atoms with Crippen molar-refractivity contribution in [3.05, 3.63) is 0 Å². The van der Waals surface area contributed by atoms with Crippen molar-refractivity contribution in [2.75, 3.05) is 69.8 Å². The fraction of sp³-hybridized carbons (Fsp3) is 0.870. The van der Waals surface area contributed by atoms with Crippen molar-refractivity contribution in [1.82, 2.24) is 29.9 Å². The van der Waals surface area contributed by atoms with Gasteiger partial charge in [-0.15, -0.1) is 0 Å². The molecule has 0 unspecified atom stereocenters. The first-order chi connectivity index (χ1) is 28.9. The fourth-order valence-electron chi connectivity index (χ4n) is 11.6. The molecule has 0 amide bonds. The van der Waals surface area contributed by atoms with Crippen molar-refractivity contribution in [3.63, 3.8) is 0 Å². The maximum Gasteiger partial charge on any atom is 0.232 e. The highest BCUT2D eigenvalue weighted by Crippen LogP contribution is 2.50. The van der Waals surface area contributed by atoms with Crippen LogP contribution in [0.15, 0.2) is 0 Å². The number of rotatable bonds is 17. The Balaban J connectivity index is 1.11. The summed E-state index contributed by atoms with van der Waals surface area (Å²) in [6, 6.07) is 0.872. The van der Waals surface area contributed by atoms with Gasteiger partial charge in [0.1, 0.15) is 0 Å². The number of hydrogen-bond acceptors (Lipinski definition) is 16. The van der Waals surface area contributed by atoms with Crippen LogP contribution >= 0.6 is 0 Å². The molecule has 2 N–H and O–H groups in total. The largest absolute Gasteiger partial charge is 0.354 e. The van der Waals surface area contributed by atoms with Gasteiger partial charge in [-0.1, -0.05) is 12.8 Å². The summed E-state index contributed by atoms with van der Waals surface area (Å²) in [5.74, 6) is 2.80. The minimum Gasteiger partial charge on any atom is -0.354 e. The zero-order chi connectivity index (χ0) is 45.5. The molecule has 0 bridgehead atoms. The number of nitrogens with one attached hydrogen (secondary N) is 2. The molecule has 6 rings (SSSR count). The number of ether oxygens (including phenoxy) is 4. The highest BCUT2D eigenvalue weighted by Gasteiger charge is 2.58. The third kappa shape index (κ3) is 10.4. The van der Waals surface area contributed by atoms with Crippen molar-refractivity contribution in [1.29, 1.82) is 0 Å². The second-order valence-electron chi connectivity index (χ2n) is 21.8. The highest BCUT2D eigenvalue weighted by molar-refractivity contribution is 5.52. The van der Waals surface area contributed by atoms with Gasteiger partial charge in [-0.05, 0) is 124 Å². The minimum atomic E-state index is -0.579. The molecule has 350 valence electrons. The van der Waals surface area contributed by atoms with Gasteiger partial charge in [0.2, 0.25) is 35.7 Å². The second kappa shape index (κ2) is 18.3. The summed E-state index contributed by atoms with van der Waals surface area (Å²) in [5.41, 5.74) is -1.30. The molecule has 62 heavy (non-hydrogen) atoms. The molecule has 0 atom stereocenters. The standard InChI is InChI=1S/C46H82N12O4/c1-31(2)55(32(3)4)37-49-35(51-39(53-37)57-41(9,10)27-45(28-42(57,11)12)59-23-24-60-45)47-21-19-17-18-20-22-48-36-50-38(56(33(5)6)34(7)8)54-40(52-36)58-43(13,14)29-46(30-44(58,15)16)61-25-26-62-46/h31-34H,17-30H2,1-16H3,(H,47,49,51,53)(H,48,50,52,54). The summed E-state index contributed by atoms with van der Waals surface area (Å²) >= 11 is 0. The number of hydrogen-bond donors (Lipinski definition) is 2. The maximum absolute atomic E-state index is 6.25. The van der Waals surface area contributed by atoms with E-state index in [0.29, 0.717) is 62.1 Å². The Hall–Kier alpha value is -3.34. The van der Waals surface area contributed by atoms with Crippen LogP contribution in [-0.4, -0.2) is 127 Å². The minimum absolute atomic E-state index is 0.218. The average molecular weight is 867 g/mol. The summed E-state index contributed by atoms with van der Waals surface area (Å²) in [6.07, 6.45) is 6.99. The van der Waals surface area contributed by atoms with Gasteiger partial charge >= 0.3 is 0 Å². The molecule has 6 heterocycles. The number of unbranched alkanes of at least 4 members (excludes halogenated alkanes) is 3. The van der Waals surface area contributed by atoms with Crippen LogP contribution < -0.4 is 30.2 Å². The van der Waals surface area contributed by atoms with Gasteiger partial charge in [-0.3, -0.25) is 0 Å². The molecule has 4 saturated heterocycles. The third-order valence-electron chi connectivity index (χ3n) is 12.8. The van der Waals surface area contributed by atoms with Gasteiger partial charge in [-0.25, -0.2) is 0 Å². The SMILES string of the molecule is CC(C)N(c1nc(NCCCCCCNc2nc(N(C(C)C)C(C)C)nc(N3C(C)(C)CC4(CC3(C)C)OCCO4)n2)nc(N2C(C)(C)CC3(CC2(C)C)OCCO3)n1)C(C)C. The Morgan fingerprint density at radius 3 is 1.02 bits per heavy atom. The summed E-state index contributed by atoms with van der Waals surface area (Å²) in [5, 5.41) is 7.17. The molecule has 16 nitrogen and oxygen atoms in total. The average Bonchev–Trinajstić information content (AvgIpc) is 3.74. The number of anilines is 6. The first kappa shape index (κ1) is 48.1. The summed E-state index contributed by atoms with van der Waals surface area (Å²) < 4.78 is 25.0. The van der Waals surface area contributed by atoms with Crippen LogP contribution in [0.3, 0.4) is 0 Å². The zero-order valence-electron chi connectivity index (χ0n) is 41.3. The van der Waals surface area contributed by atoms with Gasteiger partial charge < -0.3 is 49.2 Å². The third-order valence-corrected chi connectivity index (χ3v) is 12.8. The quantitative estimate of drug-likeness (QED) is 0.147. The van der Waals surface area contributed by atoms with E-state index in [-0.39, 0.29) is 46.3 Å².